The Bertz CT molecular complexity index is 2390. The highest BCUT2D eigenvalue weighted by molar-refractivity contribution is 6.39. The summed E-state index contributed by atoms with van der Waals surface area (Å²) in [5, 5.41) is 48.4. The molecule has 38 heavy (non-hydrogen) atoms. The summed E-state index contributed by atoms with van der Waals surface area (Å²) in [6.45, 7) is 0. The second kappa shape index (κ2) is 7.71. The average molecular weight is 480 g/mol. The van der Waals surface area contributed by atoms with Crippen LogP contribution in [0.25, 0.3) is 64.9 Å². The van der Waals surface area contributed by atoms with Crippen molar-refractivity contribution in [3.05, 3.63) is 95.3 Å². The minimum Gasteiger partial charge on any atom is -0.252 e. The van der Waals surface area contributed by atoms with Gasteiger partial charge in [-0.25, -0.2) is 0 Å². The van der Waals surface area contributed by atoms with Crippen molar-refractivity contribution in [1.82, 2.24) is 9.97 Å². The zero-order chi connectivity index (χ0) is 26.0. The number of nitrogens with zero attached hydrogens (tertiary/aromatic N) is 6. The van der Waals surface area contributed by atoms with Crippen molar-refractivity contribution < 1.29 is 0 Å². The van der Waals surface area contributed by atoms with Gasteiger partial charge in [-0.15, -0.1) is 0 Å². The molecule has 0 saturated carbocycles. The summed E-state index contributed by atoms with van der Waals surface area (Å²) >= 11 is 0. The number of benzene rings is 6. The van der Waals surface area contributed by atoms with E-state index in [1.54, 1.807) is 12.4 Å². The fourth-order valence-electron chi connectivity index (χ4n) is 5.78. The molecule has 0 bridgehead atoms. The molecule has 7 rings (SSSR count). The van der Waals surface area contributed by atoms with Crippen LogP contribution in [0.15, 0.2) is 73.1 Å². The first-order valence-corrected chi connectivity index (χ1v) is 11.8. The Balaban J connectivity index is 1.91. The van der Waals surface area contributed by atoms with Crippen molar-refractivity contribution in [3.63, 3.8) is 0 Å². The van der Waals surface area contributed by atoms with Crippen LogP contribution in [0.5, 0.6) is 0 Å². The predicted octanol–water partition coefficient (Wildman–Crippen LogP) is 6.88. The molecular weight excluding hydrogens is 468 g/mol. The summed E-state index contributed by atoms with van der Waals surface area (Å²) in [4.78, 5) is 9.46. The van der Waals surface area contributed by atoms with Gasteiger partial charge in [0.25, 0.3) is 0 Å². The zero-order valence-electron chi connectivity index (χ0n) is 19.6. The third kappa shape index (κ3) is 2.56. The van der Waals surface area contributed by atoms with Gasteiger partial charge in [0, 0.05) is 39.3 Å². The van der Waals surface area contributed by atoms with Crippen LogP contribution in [0.2, 0.25) is 0 Å². The van der Waals surface area contributed by atoms with E-state index < -0.39 is 0 Å². The van der Waals surface area contributed by atoms with E-state index in [1.807, 2.05) is 48.5 Å². The second-order valence-electron chi connectivity index (χ2n) is 8.99. The maximum absolute atomic E-state index is 10.1. The molecule has 0 spiro atoms. The van der Waals surface area contributed by atoms with E-state index in [-0.39, 0.29) is 22.3 Å². The van der Waals surface area contributed by atoms with Crippen molar-refractivity contribution >= 4 is 64.9 Å². The summed E-state index contributed by atoms with van der Waals surface area (Å²) in [5.74, 6) is 0. The fourth-order valence-corrected chi connectivity index (χ4v) is 5.78. The normalized spacial score (nSPS) is 11.1. The Morgan fingerprint density at radius 1 is 0.421 bits per heavy atom. The van der Waals surface area contributed by atoms with Crippen LogP contribution in [0.4, 0.5) is 0 Å². The molecular formula is C32H12N6. The van der Waals surface area contributed by atoms with E-state index in [0.717, 1.165) is 48.6 Å². The summed E-state index contributed by atoms with van der Waals surface area (Å²) in [7, 11) is 0. The molecule has 0 aliphatic heterocycles. The van der Waals surface area contributed by atoms with Gasteiger partial charge in [-0.3, -0.25) is 9.97 Å². The van der Waals surface area contributed by atoms with Crippen LogP contribution < -0.4 is 0 Å². The Kier molecular flexibility index (Phi) is 4.31. The largest absolute Gasteiger partial charge is 0.252 e. The van der Waals surface area contributed by atoms with Crippen molar-refractivity contribution in [2.24, 2.45) is 0 Å². The molecule has 0 aliphatic rings. The Hall–Kier alpha value is -6.08. The first-order chi connectivity index (χ1) is 18.7. The number of hydrogen-bond donors (Lipinski definition) is 0. The van der Waals surface area contributed by atoms with Crippen LogP contribution in [0.3, 0.4) is 0 Å². The highest BCUT2D eigenvalue weighted by Crippen LogP contribution is 2.44. The molecule has 0 radical (unpaired) electrons. The lowest BCUT2D eigenvalue weighted by Crippen LogP contribution is -1.99. The van der Waals surface area contributed by atoms with E-state index in [9.17, 15) is 21.0 Å². The molecule has 170 valence electrons. The number of fused-ring (bicyclic) bond motifs is 12. The van der Waals surface area contributed by atoms with Gasteiger partial charge in [0.05, 0.1) is 33.3 Å². The van der Waals surface area contributed by atoms with Gasteiger partial charge >= 0.3 is 0 Å². The third-order valence-electron chi connectivity index (χ3n) is 7.29. The zero-order valence-corrected chi connectivity index (χ0v) is 19.6. The summed E-state index contributed by atoms with van der Waals surface area (Å²) in [6.07, 6.45) is 3.30. The van der Waals surface area contributed by atoms with Gasteiger partial charge in [0.2, 0.25) is 0 Å². The standard InChI is InChI=1S/C32H12N6/c33-13-25-21-11-23-24(12-22(21)26(14-34)28(16-36)27(25)15-35)31-32(38-10-9-37-31)30-20-8-4-2-6-18(20)17-5-1-3-7-19(17)29(23)30/h1-12H. The molecule has 1 aromatic heterocycles. The Labute approximate surface area is 215 Å². The van der Waals surface area contributed by atoms with Crippen molar-refractivity contribution in [3.8, 4) is 24.3 Å². The summed E-state index contributed by atoms with van der Waals surface area (Å²) in [5.41, 5.74) is 1.36. The van der Waals surface area contributed by atoms with Crippen LogP contribution in [0, 0.1) is 45.3 Å². The van der Waals surface area contributed by atoms with Gasteiger partial charge in [-0.05, 0) is 39.1 Å². The predicted molar refractivity (Wildman–Crippen MR) is 146 cm³/mol. The maximum Gasteiger partial charge on any atom is 0.102 e. The molecule has 0 N–H and O–H groups in total. The molecule has 0 saturated heterocycles. The summed E-state index contributed by atoms with van der Waals surface area (Å²) < 4.78 is 0. The average Bonchev–Trinajstić information content (AvgIpc) is 2.98. The monoisotopic (exact) mass is 480 g/mol. The number of aromatic nitrogens is 2. The maximum atomic E-state index is 10.1. The molecule has 0 aliphatic carbocycles. The highest BCUT2D eigenvalue weighted by Gasteiger charge is 2.23. The van der Waals surface area contributed by atoms with E-state index >= 15 is 0 Å². The molecule has 6 heteroatoms. The van der Waals surface area contributed by atoms with Gasteiger partial charge in [-0.2, -0.15) is 21.0 Å². The minimum atomic E-state index is -0.0916. The number of nitriles is 4. The molecule has 0 amide bonds. The molecule has 0 unspecified atom stereocenters. The lowest BCUT2D eigenvalue weighted by Gasteiger charge is -2.16. The van der Waals surface area contributed by atoms with E-state index in [4.69, 9.17) is 9.97 Å². The number of rotatable bonds is 0. The van der Waals surface area contributed by atoms with Crippen molar-refractivity contribution in [2.75, 3.05) is 0 Å². The summed E-state index contributed by atoms with van der Waals surface area (Å²) in [6, 6.07) is 28.2. The van der Waals surface area contributed by atoms with Crippen LogP contribution in [-0.2, 0) is 0 Å². The minimum absolute atomic E-state index is 0.0699. The molecule has 0 atom stereocenters. The van der Waals surface area contributed by atoms with E-state index in [1.165, 1.54) is 0 Å². The van der Waals surface area contributed by atoms with Crippen molar-refractivity contribution in [1.29, 1.82) is 21.0 Å². The van der Waals surface area contributed by atoms with Gasteiger partial charge in [0.15, 0.2) is 0 Å². The SMILES string of the molecule is N#Cc1c(C#N)c(C#N)c2cc3c(cc2c1C#N)c1nccnc1c1c2ccccc2c2ccccc2c31. The lowest BCUT2D eigenvalue weighted by molar-refractivity contribution is 1.31. The van der Waals surface area contributed by atoms with Gasteiger partial charge in [0.1, 0.15) is 24.3 Å². The molecule has 7 aromatic rings. The Morgan fingerprint density at radius 3 is 1.39 bits per heavy atom. The van der Waals surface area contributed by atoms with Crippen LogP contribution in [0.1, 0.15) is 22.3 Å². The quantitative estimate of drug-likeness (QED) is 0.172. The third-order valence-corrected chi connectivity index (χ3v) is 7.29. The van der Waals surface area contributed by atoms with E-state index in [0.29, 0.717) is 16.3 Å². The topological polar surface area (TPSA) is 121 Å². The van der Waals surface area contributed by atoms with Crippen molar-refractivity contribution in [2.45, 2.75) is 0 Å². The van der Waals surface area contributed by atoms with Crippen LogP contribution >= 0.6 is 0 Å². The first-order valence-electron chi connectivity index (χ1n) is 11.8. The second-order valence-corrected chi connectivity index (χ2v) is 8.99. The first kappa shape index (κ1) is 21.2. The Morgan fingerprint density at radius 2 is 0.868 bits per heavy atom. The van der Waals surface area contributed by atoms with Gasteiger partial charge < -0.3 is 0 Å². The van der Waals surface area contributed by atoms with E-state index in [2.05, 4.69) is 36.4 Å². The number of hydrogen-bond acceptors (Lipinski definition) is 6. The molecule has 6 aromatic carbocycles. The smallest absolute Gasteiger partial charge is 0.102 e. The molecule has 1 heterocycles. The fraction of sp³-hybridized carbons (Fsp3) is 0. The van der Waals surface area contributed by atoms with Gasteiger partial charge in [-0.1, -0.05) is 48.5 Å². The highest BCUT2D eigenvalue weighted by atomic mass is 14.8. The van der Waals surface area contributed by atoms with Crippen LogP contribution in [-0.4, -0.2) is 9.97 Å². The molecule has 6 nitrogen and oxygen atoms in total. The molecule has 0 fully saturated rings. The lowest BCUT2D eigenvalue weighted by atomic mass is 9.86.